The summed E-state index contributed by atoms with van der Waals surface area (Å²) < 4.78 is 0. The number of carbonyl (C=O) groups excluding carboxylic acids is 1. The van der Waals surface area contributed by atoms with Gasteiger partial charge in [0.05, 0.1) is 10.6 Å². The molecule has 0 radical (unpaired) electrons. The van der Waals surface area contributed by atoms with E-state index in [0.29, 0.717) is 11.5 Å². The SMILES string of the molecule is C=C(N=CC1=C(N)c2cc(C(=O)N3CCNCC3)sc2CS1)Nc1cc(C)cc(C)c1. The number of nitrogens with two attached hydrogens (primary N) is 1. The molecule has 0 saturated carbocycles. The van der Waals surface area contributed by atoms with Crippen LogP contribution in [0.4, 0.5) is 5.69 Å². The first-order valence-electron chi connectivity index (χ1n) is 10.2. The molecule has 1 saturated heterocycles. The van der Waals surface area contributed by atoms with Gasteiger partial charge in [0.1, 0.15) is 5.82 Å². The highest BCUT2D eigenvalue weighted by Gasteiger charge is 2.25. The van der Waals surface area contributed by atoms with Crippen molar-refractivity contribution in [2.45, 2.75) is 19.6 Å². The van der Waals surface area contributed by atoms with Crippen molar-refractivity contribution < 1.29 is 4.79 Å². The van der Waals surface area contributed by atoms with Crippen molar-refractivity contribution in [1.82, 2.24) is 10.2 Å². The summed E-state index contributed by atoms with van der Waals surface area (Å²) in [5, 5.41) is 6.51. The smallest absolute Gasteiger partial charge is 0.264 e. The Morgan fingerprint density at radius 1 is 1.23 bits per heavy atom. The van der Waals surface area contributed by atoms with Gasteiger partial charge in [0.15, 0.2) is 0 Å². The number of thioether (sulfide) groups is 1. The van der Waals surface area contributed by atoms with E-state index in [-0.39, 0.29) is 5.91 Å². The molecule has 2 aromatic rings. The second-order valence-electron chi connectivity index (χ2n) is 7.76. The molecule has 4 N–H and O–H groups in total. The highest BCUT2D eigenvalue weighted by atomic mass is 32.2. The Morgan fingerprint density at radius 2 is 1.94 bits per heavy atom. The largest absolute Gasteiger partial charge is 0.397 e. The molecule has 162 valence electrons. The fourth-order valence-corrected chi connectivity index (χ4v) is 5.92. The van der Waals surface area contributed by atoms with E-state index in [1.807, 2.05) is 11.0 Å². The van der Waals surface area contributed by atoms with Gasteiger partial charge in [0.25, 0.3) is 5.91 Å². The van der Waals surface area contributed by atoms with Crippen LogP contribution in [0.2, 0.25) is 0 Å². The number of allylic oxidation sites excluding steroid dienone is 1. The zero-order chi connectivity index (χ0) is 22.0. The van der Waals surface area contributed by atoms with Gasteiger partial charge < -0.3 is 21.3 Å². The number of fused-ring (bicyclic) bond motifs is 1. The molecule has 0 unspecified atom stereocenters. The lowest BCUT2D eigenvalue weighted by molar-refractivity contribution is 0.0740. The summed E-state index contributed by atoms with van der Waals surface area (Å²) in [4.78, 5) is 22.0. The van der Waals surface area contributed by atoms with Crippen molar-refractivity contribution in [3.05, 3.63) is 68.0 Å². The molecular weight excluding hydrogens is 426 g/mol. The molecule has 1 aromatic carbocycles. The first-order valence-corrected chi connectivity index (χ1v) is 12.0. The van der Waals surface area contributed by atoms with E-state index in [4.69, 9.17) is 5.73 Å². The summed E-state index contributed by atoms with van der Waals surface area (Å²) in [6, 6.07) is 8.19. The molecule has 31 heavy (non-hydrogen) atoms. The molecule has 2 aliphatic rings. The number of carbonyl (C=O) groups is 1. The van der Waals surface area contributed by atoms with Crippen molar-refractivity contribution >= 4 is 46.6 Å². The van der Waals surface area contributed by atoms with Gasteiger partial charge >= 0.3 is 0 Å². The quantitative estimate of drug-likeness (QED) is 0.598. The number of hydrogen-bond acceptors (Lipinski definition) is 7. The molecule has 0 bridgehead atoms. The van der Waals surface area contributed by atoms with Crippen LogP contribution < -0.4 is 16.4 Å². The zero-order valence-corrected chi connectivity index (χ0v) is 19.5. The minimum absolute atomic E-state index is 0.0972. The lowest BCUT2D eigenvalue weighted by Gasteiger charge is -2.26. The third kappa shape index (κ3) is 5.03. The maximum Gasteiger partial charge on any atom is 0.264 e. The van der Waals surface area contributed by atoms with Gasteiger partial charge in [-0.15, -0.1) is 23.1 Å². The van der Waals surface area contributed by atoms with E-state index in [9.17, 15) is 4.79 Å². The number of aliphatic imine (C=N–C) groups is 1. The molecule has 8 heteroatoms. The van der Waals surface area contributed by atoms with E-state index >= 15 is 0 Å². The fourth-order valence-electron chi connectivity index (χ4n) is 3.74. The van der Waals surface area contributed by atoms with Crippen molar-refractivity contribution in [2.75, 3.05) is 31.5 Å². The number of amides is 1. The number of aryl methyl sites for hydroxylation is 2. The van der Waals surface area contributed by atoms with Crippen LogP contribution in [0.15, 0.2) is 46.6 Å². The number of nitrogens with one attached hydrogen (secondary N) is 2. The van der Waals surface area contributed by atoms with Gasteiger partial charge in [-0.1, -0.05) is 12.6 Å². The first-order chi connectivity index (χ1) is 14.9. The summed E-state index contributed by atoms with van der Waals surface area (Å²) in [7, 11) is 0. The summed E-state index contributed by atoms with van der Waals surface area (Å²) in [6.07, 6.45) is 1.76. The van der Waals surface area contributed by atoms with Crippen molar-refractivity contribution in [2.24, 2.45) is 10.7 Å². The van der Waals surface area contributed by atoms with E-state index < -0.39 is 0 Å². The van der Waals surface area contributed by atoms with Crippen LogP contribution in [-0.4, -0.2) is 43.2 Å². The summed E-state index contributed by atoms with van der Waals surface area (Å²) in [5.41, 5.74) is 11.4. The standard InChI is InChI=1S/C23H27N5OS2/c1-14-8-15(2)10-17(9-14)27-16(3)26-12-20-22(24)18-11-19(31-21(18)13-30-20)23(29)28-6-4-25-5-7-28/h8-12,25,27H,3-7,13,24H2,1-2H3. The van der Waals surface area contributed by atoms with Crippen molar-refractivity contribution in [3.63, 3.8) is 0 Å². The third-order valence-electron chi connectivity index (χ3n) is 5.19. The van der Waals surface area contributed by atoms with Crippen molar-refractivity contribution in [1.29, 1.82) is 0 Å². The van der Waals surface area contributed by atoms with Crippen LogP contribution >= 0.6 is 23.1 Å². The van der Waals surface area contributed by atoms with E-state index in [1.54, 1.807) is 29.3 Å². The van der Waals surface area contributed by atoms with Crippen LogP contribution in [0.1, 0.15) is 31.2 Å². The van der Waals surface area contributed by atoms with Crippen LogP contribution in [-0.2, 0) is 5.75 Å². The fraction of sp³-hybridized carbons (Fsp3) is 0.304. The molecule has 4 rings (SSSR count). The minimum Gasteiger partial charge on any atom is -0.397 e. The molecule has 0 spiro atoms. The summed E-state index contributed by atoms with van der Waals surface area (Å²) in [6.45, 7) is 11.3. The number of nitrogens with zero attached hydrogens (tertiary/aromatic N) is 2. The number of thiophene rings is 1. The second-order valence-corrected chi connectivity index (χ2v) is 9.92. The molecule has 1 amide bonds. The predicted octanol–water partition coefficient (Wildman–Crippen LogP) is 3.94. The van der Waals surface area contributed by atoms with E-state index in [0.717, 1.165) is 57.8 Å². The Bertz CT molecular complexity index is 1060. The maximum absolute atomic E-state index is 12.8. The maximum atomic E-state index is 12.8. The van der Waals surface area contributed by atoms with Crippen LogP contribution in [0.3, 0.4) is 0 Å². The molecule has 2 aliphatic heterocycles. The first kappa shape index (κ1) is 21.7. The molecule has 0 aliphatic carbocycles. The molecule has 0 atom stereocenters. The summed E-state index contributed by atoms with van der Waals surface area (Å²) >= 11 is 3.19. The number of piperazine rings is 1. The van der Waals surface area contributed by atoms with Crippen LogP contribution in [0.5, 0.6) is 0 Å². The Hall–Kier alpha value is -2.55. The van der Waals surface area contributed by atoms with Gasteiger partial charge in [-0.25, -0.2) is 4.99 Å². The Kier molecular flexibility index (Phi) is 6.50. The lowest BCUT2D eigenvalue weighted by Crippen LogP contribution is -2.46. The minimum atomic E-state index is 0.0972. The Balaban J connectivity index is 1.47. The second kappa shape index (κ2) is 9.30. The number of hydrogen-bond donors (Lipinski definition) is 3. The third-order valence-corrected chi connectivity index (χ3v) is 7.56. The Morgan fingerprint density at radius 3 is 2.65 bits per heavy atom. The normalized spacial score (nSPS) is 16.5. The zero-order valence-electron chi connectivity index (χ0n) is 17.8. The average Bonchev–Trinajstić information content (AvgIpc) is 3.18. The topological polar surface area (TPSA) is 82.8 Å². The number of benzene rings is 1. The highest BCUT2D eigenvalue weighted by molar-refractivity contribution is 8.03. The predicted molar refractivity (Wildman–Crippen MR) is 133 cm³/mol. The number of rotatable bonds is 5. The van der Waals surface area contributed by atoms with Crippen LogP contribution in [0.25, 0.3) is 5.70 Å². The molecule has 1 aromatic heterocycles. The highest BCUT2D eigenvalue weighted by Crippen LogP contribution is 2.39. The van der Waals surface area contributed by atoms with Gasteiger partial charge in [-0.05, 0) is 43.2 Å². The molecule has 6 nitrogen and oxygen atoms in total. The van der Waals surface area contributed by atoms with Gasteiger partial charge in [0, 0.05) is 59.2 Å². The van der Waals surface area contributed by atoms with Crippen LogP contribution in [0, 0.1) is 13.8 Å². The monoisotopic (exact) mass is 453 g/mol. The molecule has 1 fully saturated rings. The van der Waals surface area contributed by atoms with Gasteiger partial charge in [-0.3, -0.25) is 4.79 Å². The van der Waals surface area contributed by atoms with Gasteiger partial charge in [-0.2, -0.15) is 0 Å². The Labute approximate surface area is 191 Å². The van der Waals surface area contributed by atoms with E-state index in [2.05, 4.69) is 54.3 Å². The lowest BCUT2D eigenvalue weighted by atomic mass is 10.1. The summed E-state index contributed by atoms with van der Waals surface area (Å²) in [5.74, 6) is 1.44. The molecule has 3 heterocycles. The van der Waals surface area contributed by atoms with E-state index in [1.165, 1.54) is 11.1 Å². The van der Waals surface area contributed by atoms with Crippen molar-refractivity contribution in [3.8, 4) is 0 Å². The molecular formula is C23H27N5OS2. The van der Waals surface area contributed by atoms with Gasteiger partial charge in [0.2, 0.25) is 0 Å². The number of anilines is 1. The average molecular weight is 454 g/mol.